The summed E-state index contributed by atoms with van der Waals surface area (Å²) >= 11 is 0. The number of aryl methyl sites for hydroxylation is 1. The predicted molar refractivity (Wildman–Crippen MR) is 163 cm³/mol. The van der Waals surface area contributed by atoms with E-state index in [0.29, 0.717) is 76.5 Å². The van der Waals surface area contributed by atoms with Crippen molar-refractivity contribution in [1.82, 2.24) is 9.71 Å². The zero-order valence-electron chi connectivity index (χ0n) is 27.9. The maximum absolute atomic E-state index is 13.9. The van der Waals surface area contributed by atoms with Crippen molar-refractivity contribution in [1.29, 1.82) is 0 Å². The predicted octanol–water partition coefficient (Wildman–Crippen LogP) is 2.58. The summed E-state index contributed by atoms with van der Waals surface area (Å²) in [4.78, 5) is 45.1. The number of pyridine rings is 1. The summed E-state index contributed by atoms with van der Waals surface area (Å²) in [6.45, 7) is 11.7. The minimum Gasteiger partial charge on any atom is -1.00 e. The molecule has 230 valence electrons. The van der Waals surface area contributed by atoms with Crippen LogP contribution in [0.25, 0.3) is 11.3 Å². The number of nitrogens with one attached hydrogen (secondary N) is 1. The first-order valence-electron chi connectivity index (χ1n) is 14.3. The van der Waals surface area contributed by atoms with Gasteiger partial charge in [0.1, 0.15) is 23.0 Å². The molecular weight excluding hydrogens is 591 g/mol. The standard InChI is InChI=1S/C33H38N2O7S.Na.H/c1-17-9-11-20(34-30(17)31(38)35-43(8,39)40)19-10-12-23(41-7)26(18(19)2)29-27-21(36)13-32(3,4)15-24(27)42-25-16-33(5,6)14-22(37)28(25)29;;/h9-12,29H,13-16H2,1-8H3,(H,35,38);;/q;+1;-1. The average molecular weight is 631 g/mol. The molecule has 0 bridgehead atoms. The molecule has 11 heteroatoms. The molecule has 1 amide bonds. The number of ether oxygens (including phenoxy) is 2. The van der Waals surface area contributed by atoms with Gasteiger partial charge in [-0.3, -0.25) is 14.4 Å². The molecule has 2 aliphatic carbocycles. The molecule has 9 nitrogen and oxygen atoms in total. The number of carbonyl (C=O) groups is 3. The van der Waals surface area contributed by atoms with Crippen LogP contribution in [0.3, 0.4) is 0 Å². The van der Waals surface area contributed by atoms with Gasteiger partial charge < -0.3 is 10.9 Å². The van der Waals surface area contributed by atoms with Crippen LogP contribution in [-0.2, 0) is 24.3 Å². The van der Waals surface area contributed by atoms with Gasteiger partial charge in [0, 0.05) is 48.0 Å². The van der Waals surface area contributed by atoms with E-state index in [0.717, 1.165) is 11.8 Å². The molecule has 1 N–H and O–H groups in total. The number of methoxy groups -OCH3 is 1. The van der Waals surface area contributed by atoms with Gasteiger partial charge in [-0.15, -0.1) is 0 Å². The number of aromatic nitrogens is 1. The van der Waals surface area contributed by atoms with Crippen LogP contribution >= 0.6 is 0 Å². The molecular formula is C33H39N2NaO7S. The number of hydrogen-bond donors (Lipinski definition) is 1. The largest absolute Gasteiger partial charge is 1.00 e. The number of hydrogen-bond acceptors (Lipinski definition) is 8. The molecule has 0 unspecified atom stereocenters. The van der Waals surface area contributed by atoms with Crippen molar-refractivity contribution >= 4 is 27.5 Å². The van der Waals surface area contributed by atoms with Crippen molar-refractivity contribution in [3.05, 3.63) is 69.3 Å². The van der Waals surface area contributed by atoms with Crippen LogP contribution in [0.5, 0.6) is 5.75 Å². The van der Waals surface area contributed by atoms with Gasteiger partial charge in [0.15, 0.2) is 11.6 Å². The normalized spacial score (nSPS) is 19.5. The van der Waals surface area contributed by atoms with E-state index in [9.17, 15) is 22.8 Å². The molecule has 2 aromatic rings. The van der Waals surface area contributed by atoms with Gasteiger partial charge in [-0.05, 0) is 54.0 Å². The SMILES string of the molecule is COc1ccc(-c2ccc(C)c(C(=O)NS(C)(=O)=O)n2)c(C)c1C1C2=C(CC(C)(C)CC2=O)OC2=C1C(=O)CC(C)(C)C2.[H-].[Na+]. The number of benzene rings is 1. The van der Waals surface area contributed by atoms with E-state index in [4.69, 9.17) is 9.47 Å². The first-order chi connectivity index (χ1) is 19.9. The first kappa shape index (κ1) is 34.1. The van der Waals surface area contributed by atoms with Crippen molar-refractivity contribution in [2.45, 2.75) is 73.1 Å². The number of nitrogens with zero attached hydrogens (tertiary/aromatic N) is 1. The molecule has 0 saturated carbocycles. The van der Waals surface area contributed by atoms with Crippen LogP contribution in [0.1, 0.15) is 87.9 Å². The first-order valence-corrected chi connectivity index (χ1v) is 16.2. The maximum atomic E-state index is 13.9. The summed E-state index contributed by atoms with van der Waals surface area (Å²) in [6.07, 6.45) is 2.69. The summed E-state index contributed by atoms with van der Waals surface area (Å²) in [6, 6.07) is 7.06. The van der Waals surface area contributed by atoms with Crippen LogP contribution in [0, 0.1) is 24.7 Å². The summed E-state index contributed by atoms with van der Waals surface area (Å²) < 4.78 is 37.8. The van der Waals surface area contributed by atoms with Gasteiger partial charge in [-0.25, -0.2) is 18.1 Å². The Balaban J connectivity index is 0.00000276. The molecule has 0 fully saturated rings. The zero-order valence-corrected chi connectivity index (χ0v) is 29.7. The number of sulfonamides is 1. The smallest absolute Gasteiger partial charge is 1.00 e. The Bertz CT molecular complexity index is 1720. The van der Waals surface area contributed by atoms with Gasteiger partial charge >= 0.3 is 29.6 Å². The molecule has 0 atom stereocenters. The minimum atomic E-state index is -3.80. The maximum Gasteiger partial charge on any atom is 1.00 e. The van der Waals surface area contributed by atoms with Crippen molar-refractivity contribution in [2.75, 3.05) is 13.4 Å². The molecule has 1 aromatic carbocycles. The third-order valence-electron chi connectivity index (χ3n) is 8.43. The number of rotatable bonds is 5. The Hall–Kier alpha value is -2.79. The van der Waals surface area contributed by atoms with E-state index < -0.39 is 21.8 Å². The van der Waals surface area contributed by atoms with Gasteiger partial charge in [0.2, 0.25) is 10.0 Å². The van der Waals surface area contributed by atoms with E-state index in [-0.39, 0.29) is 59.1 Å². The fraction of sp³-hybridized carbons (Fsp3) is 0.455. The van der Waals surface area contributed by atoms with E-state index in [1.165, 1.54) is 0 Å². The molecule has 5 rings (SSSR count). The molecule has 1 aromatic heterocycles. The van der Waals surface area contributed by atoms with Crippen molar-refractivity contribution < 1.29 is 63.3 Å². The van der Waals surface area contributed by atoms with E-state index >= 15 is 0 Å². The number of carbonyl (C=O) groups excluding carboxylic acids is 3. The Morgan fingerprint density at radius 3 is 2.00 bits per heavy atom. The van der Waals surface area contributed by atoms with E-state index in [2.05, 4.69) is 4.98 Å². The molecule has 2 heterocycles. The summed E-state index contributed by atoms with van der Waals surface area (Å²) in [7, 11) is -2.24. The fourth-order valence-corrected chi connectivity index (χ4v) is 7.04. The van der Waals surface area contributed by atoms with Crippen LogP contribution in [0.15, 0.2) is 46.9 Å². The van der Waals surface area contributed by atoms with Crippen molar-refractivity contribution in [3.8, 4) is 17.0 Å². The topological polar surface area (TPSA) is 129 Å². The Kier molecular flexibility index (Phi) is 9.19. The Morgan fingerprint density at radius 1 is 0.955 bits per heavy atom. The van der Waals surface area contributed by atoms with Gasteiger partial charge in [0.25, 0.3) is 5.91 Å². The second-order valence-electron chi connectivity index (χ2n) is 13.5. The molecule has 1 aliphatic heterocycles. The summed E-state index contributed by atoms with van der Waals surface area (Å²) in [5.41, 5.74) is 3.40. The molecule has 0 spiro atoms. The van der Waals surface area contributed by atoms with Crippen LogP contribution in [0.2, 0.25) is 0 Å². The van der Waals surface area contributed by atoms with E-state index in [1.807, 2.05) is 45.4 Å². The molecule has 0 saturated heterocycles. The number of amides is 1. The summed E-state index contributed by atoms with van der Waals surface area (Å²) in [5.74, 6) is 0.115. The average Bonchev–Trinajstić information content (AvgIpc) is 2.85. The third kappa shape index (κ3) is 6.45. The molecule has 3 aliphatic rings. The minimum absolute atomic E-state index is 0. The van der Waals surface area contributed by atoms with E-state index in [1.54, 1.807) is 32.2 Å². The molecule has 0 radical (unpaired) electrons. The fourth-order valence-electron chi connectivity index (χ4n) is 6.61. The Morgan fingerprint density at radius 2 is 1.50 bits per heavy atom. The van der Waals surface area contributed by atoms with Crippen LogP contribution in [-0.4, -0.2) is 44.2 Å². The third-order valence-corrected chi connectivity index (χ3v) is 8.99. The second-order valence-corrected chi connectivity index (χ2v) is 15.3. The number of ketones is 2. The Labute approximate surface area is 282 Å². The van der Waals surface area contributed by atoms with Gasteiger partial charge in [-0.1, -0.05) is 33.8 Å². The number of Topliss-reactive ketones (excluding diaryl/α,β-unsaturated/α-hetero) is 2. The van der Waals surface area contributed by atoms with Crippen LogP contribution < -0.4 is 39.0 Å². The number of allylic oxidation sites excluding steroid dienone is 4. The quantitative estimate of drug-likeness (QED) is 0.500. The van der Waals surface area contributed by atoms with Crippen molar-refractivity contribution in [2.24, 2.45) is 10.8 Å². The van der Waals surface area contributed by atoms with Crippen molar-refractivity contribution in [3.63, 3.8) is 0 Å². The van der Waals surface area contributed by atoms with Gasteiger partial charge in [-0.2, -0.15) is 0 Å². The second kappa shape index (κ2) is 11.9. The van der Waals surface area contributed by atoms with Gasteiger partial charge in [0.05, 0.1) is 25.0 Å². The molecule has 44 heavy (non-hydrogen) atoms. The van der Waals surface area contributed by atoms with Crippen LogP contribution in [0.4, 0.5) is 0 Å². The monoisotopic (exact) mass is 630 g/mol. The zero-order chi connectivity index (χ0) is 31.6. The summed E-state index contributed by atoms with van der Waals surface area (Å²) in [5, 5.41) is 0.